The number of hydrogen-bond acceptors (Lipinski definition) is 4. The fourth-order valence-electron chi connectivity index (χ4n) is 3.54. The number of nitrogens with zero attached hydrogens (tertiary/aromatic N) is 2. The summed E-state index contributed by atoms with van der Waals surface area (Å²) in [5.74, 6) is 2.18. The molecule has 1 N–H and O–H groups in total. The molecular weight excluding hydrogens is 298 g/mol. The van der Waals surface area contributed by atoms with Gasteiger partial charge in [-0.25, -0.2) is 0 Å². The fourth-order valence-corrected chi connectivity index (χ4v) is 3.54. The van der Waals surface area contributed by atoms with E-state index >= 15 is 0 Å². The average Bonchev–Trinajstić information content (AvgIpc) is 3.05. The van der Waals surface area contributed by atoms with Crippen molar-refractivity contribution in [2.24, 2.45) is 0 Å². The summed E-state index contributed by atoms with van der Waals surface area (Å²) in [5.41, 5.74) is 2.76. The van der Waals surface area contributed by atoms with E-state index in [1.807, 2.05) is 0 Å². The average molecular weight is 320 g/mol. The summed E-state index contributed by atoms with van der Waals surface area (Å²) in [6.45, 7) is 0.877. The molecule has 0 amide bonds. The van der Waals surface area contributed by atoms with Crippen LogP contribution >= 0.6 is 12.4 Å². The standard InChI is InChI=1S/C17H21N3O.ClH/c1-2-6-12(7-3-1)16-19-17(21-20-16)15-10-13-8-4-5-9-14(13)11-18-15;/h4-5,8-9,12,15,18H,1-3,6-7,10-11H2;1H/t15-;/m1./s1. The molecule has 1 saturated carbocycles. The summed E-state index contributed by atoms with van der Waals surface area (Å²) in [6.07, 6.45) is 7.29. The number of rotatable bonds is 2. The molecule has 4 rings (SSSR count). The normalized spacial score (nSPS) is 21.9. The van der Waals surface area contributed by atoms with Crippen LogP contribution in [0.5, 0.6) is 0 Å². The molecule has 2 aromatic rings. The van der Waals surface area contributed by atoms with Gasteiger partial charge in [-0.2, -0.15) is 4.98 Å². The third-order valence-electron chi connectivity index (χ3n) is 4.81. The summed E-state index contributed by atoms with van der Waals surface area (Å²) in [6, 6.07) is 8.73. The van der Waals surface area contributed by atoms with Crippen LogP contribution in [0.3, 0.4) is 0 Å². The molecule has 22 heavy (non-hydrogen) atoms. The SMILES string of the molecule is Cl.c1ccc2c(c1)CN[C@@H](c1nc(C3CCCCC3)no1)C2. The largest absolute Gasteiger partial charge is 0.338 e. The van der Waals surface area contributed by atoms with Crippen LogP contribution in [0.2, 0.25) is 0 Å². The van der Waals surface area contributed by atoms with E-state index in [9.17, 15) is 0 Å². The van der Waals surface area contributed by atoms with Crippen molar-refractivity contribution in [1.82, 2.24) is 15.5 Å². The van der Waals surface area contributed by atoms with Crippen LogP contribution in [-0.2, 0) is 13.0 Å². The van der Waals surface area contributed by atoms with Gasteiger partial charge < -0.3 is 9.84 Å². The Kier molecular flexibility index (Phi) is 4.79. The first kappa shape index (κ1) is 15.5. The zero-order chi connectivity index (χ0) is 14.1. The summed E-state index contributed by atoms with van der Waals surface area (Å²) in [4.78, 5) is 4.69. The van der Waals surface area contributed by atoms with Gasteiger partial charge in [0.25, 0.3) is 0 Å². The minimum atomic E-state index is 0. The van der Waals surface area contributed by atoms with Crippen molar-refractivity contribution >= 4 is 12.4 Å². The van der Waals surface area contributed by atoms with E-state index in [-0.39, 0.29) is 18.4 Å². The van der Waals surface area contributed by atoms with Crippen molar-refractivity contribution in [2.45, 2.75) is 57.0 Å². The summed E-state index contributed by atoms with van der Waals surface area (Å²) < 4.78 is 5.55. The van der Waals surface area contributed by atoms with Gasteiger partial charge in [0.1, 0.15) is 0 Å². The number of nitrogens with one attached hydrogen (secondary N) is 1. The molecule has 2 heterocycles. The first-order chi connectivity index (χ1) is 10.4. The van der Waals surface area contributed by atoms with Crippen molar-refractivity contribution in [2.75, 3.05) is 0 Å². The van der Waals surface area contributed by atoms with E-state index in [1.165, 1.54) is 43.2 Å². The molecule has 1 aromatic carbocycles. The van der Waals surface area contributed by atoms with Crippen molar-refractivity contribution < 1.29 is 4.52 Å². The Morgan fingerprint density at radius 1 is 1.05 bits per heavy atom. The predicted molar refractivity (Wildman–Crippen MR) is 87.1 cm³/mol. The lowest BCUT2D eigenvalue weighted by Gasteiger charge is -2.23. The van der Waals surface area contributed by atoms with Gasteiger partial charge in [-0.15, -0.1) is 12.4 Å². The second-order valence-corrected chi connectivity index (χ2v) is 6.23. The van der Waals surface area contributed by atoms with E-state index in [2.05, 4.69) is 34.7 Å². The highest BCUT2D eigenvalue weighted by molar-refractivity contribution is 5.85. The first-order valence-electron chi connectivity index (χ1n) is 8.04. The predicted octanol–water partition coefficient (Wildman–Crippen LogP) is 3.93. The number of hydrogen-bond donors (Lipinski definition) is 1. The van der Waals surface area contributed by atoms with Crippen LogP contribution in [0.25, 0.3) is 0 Å². The Morgan fingerprint density at radius 3 is 2.64 bits per heavy atom. The van der Waals surface area contributed by atoms with Gasteiger partial charge >= 0.3 is 0 Å². The molecule has 4 nitrogen and oxygen atoms in total. The molecule has 0 spiro atoms. The van der Waals surface area contributed by atoms with E-state index in [0.29, 0.717) is 5.92 Å². The maximum atomic E-state index is 5.55. The van der Waals surface area contributed by atoms with E-state index < -0.39 is 0 Å². The van der Waals surface area contributed by atoms with Gasteiger partial charge in [0.15, 0.2) is 5.82 Å². The first-order valence-corrected chi connectivity index (χ1v) is 8.04. The van der Waals surface area contributed by atoms with Crippen LogP contribution in [0.15, 0.2) is 28.8 Å². The Bertz CT molecular complexity index is 622. The minimum absolute atomic E-state index is 0. The summed E-state index contributed by atoms with van der Waals surface area (Å²) in [7, 11) is 0. The van der Waals surface area contributed by atoms with Crippen molar-refractivity contribution in [1.29, 1.82) is 0 Å². The lowest BCUT2D eigenvalue weighted by Crippen LogP contribution is -2.28. The molecule has 1 fully saturated rings. The Hall–Kier alpha value is -1.39. The maximum absolute atomic E-state index is 5.55. The van der Waals surface area contributed by atoms with Crippen LogP contribution < -0.4 is 5.32 Å². The number of aromatic nitrogens is 2. The topological polar surface area (TPSA) is 51.0 Å². The van der Waals surface area contributed by atoms with Crippen LogP contribution in [-0.4, -0.2) is 10.1 Å². The number of halogens is 1. The van der Waals surface area contributed by atoms with E-state index in [1.54, 1.807) is 0 Å². The molecule has 0 unspecified atom stereocenters. The van der Waals surface area contributed by atoms with Gasteiger partial charge in [0, 0.05) is 12.5 Å². The lowest BCUT2D eigenvalue weighted by atomic mass is 9.89. The molecule has 1 atom stereocenters. The van der Waals surface area contributed by atoms with Gasteiger partial charge in [0.2, 0.25) is 5.89 Å². The molecule has 1 aromatic heterocycles. The molecular formula is C17H22ClN3O. The smallest absolute Gasteiger partial charge is 0.244 e. The van der Waals surface area contributed by atoms with Gasteiger partial charge in [0.05, 0.1) is 6.04 Å². The second-order valence-electron chi connectivity index (χ2n) is 6.23. The van der Waals surface area contributed by atoms with Gasteiger partial charge in [-0.1, -0.05) is 48.7 Å². The molecule has 0 bridgehead atoms. The third-order valence-corrected chi connectivity index (χ3v) is 4.81. The van der Waals surface area contributed by atoms with E-state index in [4.69, 9.17) is 9.51 Å². The molecule has 5 heteroatoms. The molecule has 118 valence electrons. The van der Waals surface area contributed by atoms with Crippen LogP contribution in [0.4, 0.5) is 0 Å². The van der Waals surface area contributed by atoms with Crippen molar-refractivity contribution in [3.05, 3.63) is 47.1 Å². The highest BCUT2D eigenvalue weighted by Crippen LogP contribution is 2.32. The maximum Gasteiger partial charge on any atom is 0.244 e. The molecule has 2 aliphatic rings. The number of fused-ring (bicyclic) bond motifs is 1. The van der Waals surface area contributed by atoms with E-state index in [0.717, 1.165) is 24.7 Å². The Balaban J connectivity index is 0.00000144. The van der Waals surface area contributed by atoms with Gasteiger partial charge in [-0.3, -0.25) is 0 Å². The Labute approximate surface area is 137 Å². The van der Waals surface area contributed by atoms with Crippen molar-refractivity contribution in [3.63, 3.8) is 0 Å². The quantitative estimate of drug-likeness (QED) is 0.911. The van der Waals surface area contributed by atoms with Crippen LogP contribution in [0, 0.1) is 0 Å². The Morgan fingerprint density at radius 2 is 1.82 bits per heavy atom. The third kappa shape index (κ3) is 3.03. The summed E-state index contributed by atoms with van der Waals surface area (Å²) >= 11 is 0. The van der Waals surface area contributed by atoms with Gasteiger partial charge in [-0.05, 0) is 30.4 Å². The zero-order valence-corrected chi connectivity index (χ0v) is 13.4. The molecule has 1 aliphatic carbocycles. The van der Waals surface area contributed by atoms with Crippen molar-refractivity contribution in [3.8, 4) is 0 Å². The highest BCUT2D eigenvalue weighted by atomic mass is 35.5. The molecule has 0 saturated heterocycles. The fraction of sp³-hybridized carbons (Fsp3) is 0.529. The monoisotopic (exact) mass is 319 g/mol. The molecule has 0 radical (unpaired) electrons. The second kappa shape index (κ2) is 6.80. The zero-order valence-electron chi connectivity index (χ0n) is 12.6. The summed E-state index contributed by atoms with van der Waals surface area (Å²) in [5, 5.41) is 7.76. The molecule has 1 aliphatic heterocycles. The lowest BCUT2D eigenvalue weighted by molar-refractivity contribution is 0.314. The minimum Gasteiger partial charge on any atom is -0.338 e. The highest BCUT2D eigenvalue weighted by Gasteiger charge is 2.26. The van der Waals surface area contributed by atoms with Crippen LogP contribution in [0.1, 0.15) is 66.9 Å². The number of benzene rings is 1.